The van der Waals surface area contributed by atoms with Gasteiger partial charge in [-0.2, -0.15) is 0 Å². The molecule has 128 valence electrons. The molecule has 0 spiro atoms. The second kappa shape index (κ2) is 9.11. The first kappa shape index (κ1) is 18.8. The highest BCUT2D eigenvalue weighted by Crippen LogP contribution is 2.20. The Morgan fingerprint density at radius 3 is 2.58 bits per heavy atom. The third-order valence-electron chi connectivity index (χ3n) is 3.85. The number of amides is 1. The molecule has 0 saturated heterocycles. The Morgan fingerprint density at radius 2 is 1.88 bits per heavy atom. The van der Waals surface area contributed by atoms with Crippen molar-refractivity contribution in [2.45, 2.75) is 18.7 Å². The number of anilines is 1. The number of likely N-dealkylation sites (N-methyl/N-ethyl adjacent to an activating group) is 1. The van der Waals surface area contributed by atoms with Crippen LogP contribution in [-0.4, -0.2) is 36.7 Å². The Morgan fingerprint density at radius 1 is 1.17 bits per heavy atom. The Hall–Kier alpha value is -1.49. The lowest BCUT2D eigenvalue weighted by Gasteiger charge is -2.17. The molecular weight excluding hydrogens is 340 g/mol. The van der Waals surface area contributed by atoms with E-state index in [2.05, 4.69) is 5.32 Å². The van der Waals surface area contributed by atoms with Crippen LogP contribution in [0.1, 0.15) is 11.1 Å². The Labute approximate surface area is 153 Å². The van der Waals surface area contributed by atoms with E-state index in [1.165, 1.54) is 10.5 Å². The van der Waals surface area contributed by atoms with Crippen LogP contribution < -0.4 is 5.32 Å². The second-order valence-corrected chi connectivity index (χ2v) is 7.44. The van der Waals surface area contributed by atoms with Gasteiger partial charge >= 0.3 is 0 Å². The van der Waals surface area contributed by atoms with Crippen molar-refractivity contribution in [1.82, 2.24) is 4.90 Å². The van der Waals surface area contributed by atoms with Crippen molar-refractivity contribution in [1.29, 1.82) is 0 Å². The summed E-state index contributed by atoms with van der Waals surface area (Å²) in [6.45, 7) is 5.30. The maximum absolute atomic E-state index is 12.2. The van der Waals surface area contributed by atoms with Crippen molar-refractivity contribution in [2.75, 3.05) is 31.2 Å². The van der Waals surface area contributed by atoms with Crippen LogP contribution in [0.2, 0.25) is 5.02 Å². The monoisotopic (exact) mass is 362 g/mol. The number of carbonyl (C=O) groups excluding carboxylic acids is 1. The first-order chi connectivity index (χ1) is 11.5. The van der Waals surface area contributed by atoms with Gasteiger partial charge in [0.1, 0.15) is 0 Å². The molecular formula is C19H23ClN2OS. The fourth-order valence-electron chi connectivity index (χ4n) is 2.25. The molecule has 2 rings (SSSR count). The predicted octanol–water partition coefficient (Wildman–Crippen LogP) is 4.62. The summed E-state index contributed by atoms with van der Waals surface area (Å²) in [5.74, 6) is 0.942. The number of aryl methyl sites for hydroxylation is 1. The van der Waals surface area contributed by atoms with Gasteiger partial charge in [-0.15, -0.1) is 11.8 Å². The summed E-state index contributed by atoms with van der Waals surface area (Å²) in [6, 6.07) is 13.8. The van der Waals surface area contributed by atoms with E-state index in [0.717, 1.165) is 28.6 Å². The average Bonchev–Trinajstić information content (AvgIpc) is 2.53. The Kier molecular flexibility index (Phi) is 7.16. The lowest BCUT2D eigenvalue weighted by atomic mass is 10.1. The maximum atomic E-state index is 12.2. The standard InChI is InChI=1S/C19H23ClN2OS/c1-14-5-4-6-18(15(14)2)21-19(23)13-22(3)11-12-24-17-9-7-16(20)8-10-17/h4-10H,11-13H2,1-3H3,(H,21,23). The summed E-state index contributed by atoms with van der Waals surface area (Å²) in [6.07, 6.45) is 0. The second-order valence-electron chi connectivity index (χ2n) is 5.84. The normalized spacial score (nSPS) is 10.9. The van der Waals surface area contributed by atoms with Gasteiger partial charge in [-0.1, -0.05) is 23.7 Å². The van der Waals surface area contributed by atoms with Crippen molar-refractivity contribution in [2.24, 2.45) is 0 Å². The van der Waals surface area contributed by atoms with Crippen LogP contribution in [0.3, 0.4) is 0 Å². The summed E-state index contributed by atoms with van der Waals surface area (Å²) < 4.78 is 0. The molecule has 0 saturated carbocycles. The zero-order valence-electron chi connectivity index (χ0n) is 14.3. The van der Waals surface area contributed by atoms with Gasteiger partial charge in [-0.3, -0.25) is 9.69 Å². The molecule has 5 heteroatoms. The molecule has 0 heterocycles. The molecule has 2 aromatic rings. The number of benzene rings is 2. The van der Waals surface area contributed by atoms with Crippen molar-refractivity contribution in [3.8, 4) is 0 Å². The van der Waals surface area contributed by atoms with Crippen LogP contribution in [0, 0.1) is 13.8 Å². The van der Waals surface area contributed by atoms with E-state index in [1.54, 1.807) is 11.8 Å². The Balaban J connectivity index is 1.75. The number of rotatable bonds is 7. The molecule has 2 aromatic carbocycles. The molecule has 3 nitrogen and oxygen atoms in total. The van der Waals surface area contributed by atoms with Crippen LogP contribution in [0.25, 0.3) is 0 Å². The van der Waals surface area contributed by atoms with Gasteiger partial charge in [0.25, 0.3) is 0 Å². The minimum absolute atomic E-state index is 0.0164. The summed E-state index contributed by atoms with van der Waals surface area (Å²) in [5.41, 5.74) is 3.19. The molecule has 0 unspecified atom stereocenters. The van der Waals surface area contributed by atoms with Crippen molar-refractivity contribution < 1.29 is 4.79 Å². The highest BCUT2D eigenvalue weighted by atomic mass is 35.5. The fraction of sp³-hybridized carbons (Fsp3) is 0.316. The zero-order valence-corrected chi connectivity index (χ0v) is 15.9. The van der Waals surface area contributed by atoms with Crippen LogP contribution in [0.4, 0.5) is 5.69 Å². The first-order valence-corrected chi connectivity index (χ1v) is 9.25. The smallest absolute Gasteiger partial charge is 0.238 e. The minimum atomic E-state index is 0.0164. The number of nitrogens with zero attached hydrogens (tertiary/aromatic N) is 1. The third kappa shape index (κ3) is 5.86. The molecule has 1 N–H and O–H groups in total. The number of hydrogen-bond acceptors (Lipinski definition) is 3. The lowest BCUT2D eigenvalue weighted by molar-refractivity contribution is -0.117. The van der Waals surface area contributed by atoms with E-state index < -0.39 is 0 Å². The van der Waals surface area contributed by atoms with E-state index in [1.807, 2.05) is 68.3 Å². The Bertz CT molecular complexity index is 688. The molecule has 0 aliphatic carbocycles. The molecule has 1 amide bonds. The largest absolute Gasteiger partial charge is 0.325 e. The number of hydrogen-bond donors (Lipinski definition) is 1. The van der Waals surface area contributed by atoms with Crippen LogP contribution in [0.5, 0.6) is 0 Å². The SMILES string of the molecule is Cc1cccc(NC(=O)CN(C)CCSc2ccc(Cl)cc2)c1C. The van der Waals surface area contributed by atoms with Gasteiger partial charge in [0.05, 0.1) is 6.54 Å². The van der Waals surface area contributed by atoms with Gasteiger partial charge in [-0.25, -0.2) is 0 Å². The number of halogens is 1. The molecule has 0 fully saturated rings. The fourth-order valence-corrected chi connectivity index (χ4v) is 3.34. The molecule has 0 aliphatic rings. The molecule has 0 atom stereocenters. The maximum Gasteiger partial charge on any atom is 0.238 e. The van der Waals surface area contributed by atoms with Crippen molar-refractivity contribution in [3.63, 3.8) is 0 Å². The molecule has 0 radical (unpaired) electrons. The molecule has 0 aliphatic heterocycles. The van der Waals surface area contributed by atoms with Crippen molar-refractivity contribution >= 4 is 35.0 Å². The molecule has 0 aromatic heterocycles. The quantitative estimate of drug-likeness (QED) is 0.729. The third-order valence-corrected chi connectivity index (χ3v) is 5.09. The van der Waals surface area contributed by atoms with Gasteiger partial charge in [-0.05, 0) is 62.4 Å². The van der Waals surface area contributed by atoms with E-state index in [-0.39, 0.29) is 5.91 Å². The summed E-state index contributed by atoms with van der Waals surface area (Å²) in [4.78, 5) is 15.4. The van der Waals surface area contributed by atoms with Gasteiger partial charge in [0, 0.05) is 27.9 Å². The summed E-state index contributed by atoms with van der Waals surface area (Å²) >= 11 is 7.64. The van der Waals surface area contributed by atoms with Crippen LogP contribution >= 0.6 is 23.4 Å². The highest BCUT2D eigenvalue weighted by Gasteiger charge is 2.09. The van der Waals surface area contributed by atoms with Gasteiger partial charge in [0.2, 0.25) is 5.91 Å². The molecule has 24 heavy (non-hydrogen) atoms. The topological polar surface area (TPSA) is 32.3 Å². The lowest BCUT2D eigenvalue weighted by Crippen LogP contribution is -2.31. The average molecular weight is 363 g/mol. The number of carbonyl (C=O) groups is 1. The summed E-state index contributed by atoms with van der Waals surface area (Å²) in [5, 5.41) is 3.74. The summed E-state index contributed by atoms with van der Waals surface area (Å²) in [7, 11) is 1.96. The van der Waals surface area contributed by atoms with Gasteiger partial charge < -0.3 is 5.32 Å². The molecule has 0 bridgehead atoms. The van der Waals surface area contributed by atoms with E-state index >= 15 is 0 Å². The van der Waals surface area contributed by atoms with Crippen LogP contribution in [0.15, 0.2) is 47.4 Å². The van der Waals surface area contributed by atoms with E-state index in [9.17, 15) is 4.79 Å². The highest BCUT2D eigenvalue weighted by molar-refractivity contribution is 7.99. The first-order valence-electron chi connectivity index (χ1n) is 7.88. The van der Waals surface area contributed by atoms with E-state index in [4.69, 9.17) is 11.6 Å². The zero-order chi connectivity index (χ0) is 17.5. The van der Waals surface area contributed by atoms with Crippen molar-refractivity contribution in [3.05, 3.63) is 58.6 Å². The minimum Gasteiger partial charge on any atom is -0.325 e. The van der Waals surface area contributed by atoms with E-state index in [0.29, 0.717) is 6.54 Å². The predicted molar refractivity (Wildman–Crippen MR) is 104 cm³/mol. The number of thioether (sulfide) groups is 1. The van der Waals surface area contributed by atoms with Gasteiger partial charge in [0.15, 0.2) is 0 Å². The van der Waals surface area contributed by atoms with Crippen LogP contribution in [-0.2, 0) is 4.79 Å². The number of nitrogens with one attached hydrogen (secondary N) is 1.